The number of anilines is 1. The van der Waals surface area contributed by atoms with Crippen molar-refractivity contribution in [3.8, 4) is 0 Å². The van der Waals surface area contributed by atoms with Crippen molar-refractivity contribution in [2.75, 3.05) is 19.0 Å². The predicted molar refractivity (Wildman–Crippen MR) is 77.0 cm³/mol. The number of nitrogens with zero attached hydrogens (tertiary/aromatic N) is 2. The molecule has 0 radical (unpaired) electrons. The van der Waals surface area contributed by atoms with Crippen molar-refractivity contribution in [1.82, 2.24) is 0 Å². The molecule has 0 aliphatic rings. The standard InChI is InChI=1S/C15H17N3/c1-18(2)14-10-6-9-13(11-14)15(17-16)12-7-4-3-5-8-12/h3-11H,16H2,1-2H3. The zero-order chi connectivity index (χ0) is 13.0. The van der Waals surface area contributed by atoms with Crippen molar-refractivity contribution in [3.05, 3.63) is 65.7 Å². The molecular formula is C15H17N3. The Morgan fingerprint density at radius 1 is 0.944 bits per heavy atom. The van der Waals surface area contributed by atoms with Crippen molar-refractivity contribution >= 4 is 11.4 Å². The van der Waals surface area contributed by atoms with Crippen LogP contribution < -0.4 is 10.7 Å². The molecule has 2 N–H and O–H groups in total. The fourth-order valence-electron chi connectivity index (χ4n) is 1.84. The van der Waals surface area contributed by atoms with Gasteiger partial charge in [-0.1, -0.05) is 42.5 Å². The third-order valence-electron chi connectivity index (χ3n) is 2.81. The van der Waals surface area contributed by atoms with Crippen LogP contribution in [0.2, 0.25) is 0 Å². The quantitative estimate of drug-likeness (QED) is 0.508. The Kier molecular flexibility index (Phi) is 3.63. The van der Waals surface area contributed by atoms with E-state index in [9.17, 15) is 0 Å². The van der Waals surface area contributed by atoms with Gasteiger partial charge < -0.3 is 10.7 Å². The highest BCUT2D eigenvalue weighted by atomic mass is 15.1. The summed E-state index contributed by atoms with van der Waals surface area (Å²) in [5.74, 6) is 5.54. The summed E-state index contributed by atoms with van der Waals surface area (Å²) in [7, 11) is 4.03. The summed E-state index contributed by atoms with van der Waals surface area (Å²) in [5.41, 5.74) is 3.98. The van der Waals surface area contributed by atoms with Gasteiger partial charge in [0, 0.05) is 30.9 Å². The van der Waals surface area contributed by atoms with Gasteiger partial charge in [0.2, 0.25) is 0 Å². The largest absolute Gasteiger partial charge is 0.378 e. The van der Waals surface area contributed by atoms with Crippen LogP contribution in [-0.4, -0.2) is 19.8 Å². The Morgan fingerprint density at radius 2 is 1.61 bits per heavy atom. The molecule has 0 saturated heterocycles. The van der Waals surface area contributed by atoms with Crippen LogP contribution in [0.5, 0.6) is 0 Å². The molecule has 3 nitrogen and oxygen atoms in total. The minimum Gasteiger partial charge on any atom is -0.378 e. The normalized spacial score (nSPS) is 11.3. The Hall–Kier alpha value is -2.29. The fourth-order valence-corrected chi connectivity index (χ4v) is 1.84. The zero-order valence-corrected chi connectivity index (χ0v) is 10.7. The number of hydrogen-bond acceptors (Lipinski definition) is 3. The summed E-state index contributed by atoms with van der Waals surface area (Å²) >= 11 is 0. The molecule has 18 heavy (non-hydrogen) atoms. The van der Waals surface area contributed by atoms with Gasteiger partial charge in [-0.3, -0.25) is 0 Å². The SMILES string of the molecule is CN(C)c1cccc(C(=NN)c2ccccc2)c1. The molecule has 0 aliphatic carbocycles. The molecule has 0 amide bonds. The summed E-state index contributed by atoms with van der Waals surface area (Å²) in [6, 6.07) is 18.1. The van der Waals surface area contributed by atoms with E-state index in [4.69, 9.17) is 5.84 Å². The topological polar surface area (TPSA) is 41.6 Å². The third-order valence-corrected chi connectivity index (χ3v) is 2.81. The maximum absolute atomic E-state index is 5.54. The van der Waals surface area contributed by atoms with E-state index in [0.29, 0.717) is 0 Å². The summed E-state index contributed by atoms with van der Waals surface area (Å²) in [6.07, 6.45) is 0. The molecule has 92 valence electrons. The van der Waals surface area contributed by atoms with Crippen molar-refractivity contribution in [1.29, 1.82) is 0 Å². The Labute approximate surface area is 108 Å². The average Bonchev–Trinajstić information content (AvgIpc) is 2.41. The minimum atomic E-state index is 0.805. The van der Waals surface area contributed by atoms with Crippen LogP contribution >= 0.6 is 0 Å². The van der Waals surface area contributed by atoms with E-state index in [2.05, 4.69) is 22.1 Å². The van der Waals surface area contributed by atoms with E-state index >= 15 is 0 Å². The van der Waals surface area contributed by atoms with Crippen LogP contribution in [0, 0.1) is 0 Å². The van der Waals surface area contributed by atoms with E-state index in [1.54, 1.807) is 0 Å². The molecule has 0 heterocycles. The molecule has 2 aromatic rings. The summed E-state index contributed by atoms with van der Waals surface area (Å²) < 4.78 is 0. The maximum Gasteiger partial charge on any atom is 0.0972 e. The van der Waals surface area contributed by atoms with Crippen molar-refractivity contribution in [2.45, 2.75) is 0 Å². The fraction of sp³-hybridized carbons (Fsp3) is 0.133. The summed E-state index contributed by atoms with van der Waals surface area (Å²) in [5, 5.41) is 3.93. The molecular weight excluding hydrogens is 222 g/mol. The number of hydrazone groups is 1. The second-order valence-corrected chi connectivity index (χ2v) is 4.29. The molecule has 0 aromatic heterocycles. The van der Waals surface area contributed by atoms with Gasteiger partial charge in [-0.25, -0.2) is 0 Å². The number of nitrogens with two attached hydrogens (primary N) is 1. The molecule has 2 rings (SSSR count). The monoisotopic (exact) mass is 239 g/mol. The first-order chi connectivity index (χ1) is 8.72. The second kappa shape index (κ2) is 5.36. The van der Waals surface area contributed by atoms with Gasteiger partial charge in [0.1, 0.15) is 0 Å². The lowest BCUT2D eigenvalue weighted by Crippen LogP contribution is -2.11. The van der Waals surface area contributed by atoms with Gasteiger partial charge >= 0.3 is 0 Å². The Morgan fingerprint density at radius 3 is 2.22 bits per heavy atom. The highest BCUT2D eigenvalue weighted by molar-refractivity contribution is 6.13. The van der Waals surface area contributed by atoms with Crippen LogP contribution in [-0.2, 0) is 0 Å². The highest BCUT2D eigenvalue weighted by Crippen LogP contribution is 2.17. The first kappa shape index (κ1) is 12.2. The van der Waals surface area contributed by atoms with Crippen LogP contribution in [0.4, 0.5) is 5.69 Å². The lowest BCUT2D eigenvalue weighted by Gasteiger charge is -2.14. The molecule has 0 atom stereocenters. The molecule has 0 unspecified atom stereocenters. The molecule has 3 heteroatoms. The molecule has 2 aromatic carbocycles. The van der Waals surface area contributed by atoms with Gasteiger partial charge in [0.15, 0.2) is 0 Å². The predicted octanol–water partition coefficient (Wildman–Crippen LogP) is 2.46. The minimum absolute atomic E-state index is 0.805. The third kappa shape index (κ3) is 2.51. The number of benzene rings is 2. The Balaban J connectivity index is 2.44. The van der Waals surface area contributed by atoms with Gasteiger partial charge in [-0.15, -0.1) is 0 Å². The van der Waals surface area contributed by atoms with Crippen LogP contribution in [0.3, 0.4) is 0 Å². The zero-order valence-electron chi connectivity index (χ0n) is 10.7. The number of rotatable bonds is 3. The van der Waals surface area contributed by atoms with E-state index in [-0.39, 0.29) is 0 Å². The van der Waals surface area contributed by atoms with Crippen molar-refractivity contribution in [2.24, 2.45) is 10.9 Å². The lowest BCUT2D eigenvalue weighted by molar-refractivity contribution is 1.13. The smallest absolute Gasteiger partial charge is 0.0972 e. The highest BCUT2D eigenvalue weighted by Gasteiger charge is 2.07. The first-order valence-electron chi connectivity index (χ1n) is 5.83. The molecule has 0 aliphatic heterocycles. The van der Waals surface area contributed by atoms with Gasteiger partial charge in [0.05, 0.1) is 5.71 Å². The van der Waals surface area contributed by atoms with E-state index in [1.165, 1.54) is 0 Å². The summed E-state index contributed by atoms with van der Waals surface area (Å²) in [6.45, 7) is 0. The lowest BCUT2D eigenvalue weighted by atomic mass is 10.0. The van der Waals surface area contributed by atoms with Gasteiger partial charge in [-0.2, -0.15) is 5.10 Å². The van der Waals surface area contributed by atoms with Crippen molar-refractivity contribution in [3.63, 3.8) is 0 Å². The van der Waals surface area contributed by atoms with Crippen LogP contribution in [0.25, 0.3) is 0 Å². The first-order valence-corrected chi connectivity index (χ1v) is 5.83. The average molecular weight is 239 g/mol. The maximum atomic E-state index is 5.54. The molecule has 0 spiro atoms. The number of hydrogen-bond donors (Lipinski definition) is 1. The van der Waals surface area contributed by atoms with Crippen LogP contribution in [0.15, 0.2) is 59.7 Å². The Bertz CT molecular complexity index is 545. The summed E-state index contributed by atoms with van der Waals surface area (Å²) in [4.78, 5) is 2.06. The van der Waals surface area contributed by atoms with E-state index < -0.39 is 0 Å². The van der Waals surface area contributed by atoms with E-state index in [1.807, 2.05) is 56.6 Å². The molecule has 0 saturated carbocycles. The molecule has 0 fully saturated rings. The van der Waals surface area contributed by atoms with Gasteiger partial charge in [-0.05, 0) is 12.1 Å². The van der Waals surface area contributed by atoms with Crippen LogP contribution in [0.1, 0.15) is 11.1 Å². The second-order valence-electron chi connectivity index (χ2n) is 4.29. The molecule has 0 bridgehead atoms. The van der Waals surface area contributed by atoms with Crippen molar-refractivity contribution < 1.29 is 0 Å². The van der Waals surface area contributed by atoms with E-state index in [0.717, 1.165) is 22.5 Å². The van der Waals surface area contributed by atoms with Gasteiger partial charge in [0.25, 0.3) is 0 Å².